The van der Waals surface area contributed by atoms with Crippen molar-refractivity contribution in [3.8, 4) is 0 Å². The van der Waals surface area contributed by atoms with Gasteiger partial charge in [0.2, 0.25) is 15.9 Å². The molecule has 126 valence electrons. The Morgan fingerprint density at radius 1 is 1.17 bits per heavy atom. The molecule has 1 aromatic rings. The number of amides is 1. The molecule has 0 spiro atoms. The number of rotatable bonds is 3. The molecule has 5 nitrogen and oxygen atoms in total. The largest absolute Gasteiger partial charge is 0.325 e. The van der Waals surface area contributed by atoms with Crippen LogP contribution >= 0.6 is 0 Å². The predicted molar refractivity (Wildman–Crippen MR) is 89.8 cm³/mol. The Kier molecular flexibility index (Phi) is 4.23. The van der Waals surface area contributed by atoms with E-state index in [2.05, 4.69) is 23.9 Å². The lowest BCUT2D eigenvalue weighted by atomic mass is 9.78. The van der Waals surface area contributed by atoms with Crippen molar-refractivity contribution in [2.75, 3.05) is 5.32 Å². The Morgan fingerprint density at radius 2 is 1.91 bits per heavy atom. The van der Waals surface area contributed by atoms with Crippen molar-refractivity contribution >= 4 is 21.6 Å². The van der Waals surface area contributed by atoms with E-state index < -0.39 is 10.0 Å². The number of carbonyl (C=O) groups excluding carboxylic acids is 1. The topological polar surface area (TPSA) is 75.3 Å². The van der Waals surface area contributed by atoms with E-state index in [0.717, 1.165) is 24.8 Å². The molecule has 0 radical (unpaired) electrons. The Hall–Kier alpha value is -1.40. The number of benzene rings is 1. The summed E-state index contributed by atoms with van der Waals surface area (Å²) < 4.78 is 28.3. The number of nitrogens with one attached hydrogen (secondary N) is 2. The summed E-state index contributed by atoms with van der Waals surface area (Å²) >= 11 is 0. The van der Waals surface area contributed by atoms with Crippen molar-refractivity contribution < 1.29 is 13.2 Å². The minimum absolute atomic E-state index is 0.0193. The number of carbonyl (C=O) groups is 1. The van der Waals surface area contributed by atoms with Gasteiger partial charge in [-0.25, -0.2) is 13.1 Å². The Bertz CT molecular complexity index is 729. The summed E-state index contributed by atoms with van der Waals surface area (Å²) in [5, 5.41) is 2.77. The highest BCUT2D eigenvalue weighted by Crippen LogP contribution is 2.34. The smallest absolute Gasteiger partial charge is 0.240 e. The van der Waals surface area contributed by atoms with E-state index in [0.29, 0.717) is 17.5 Å². The minimum atomic E-state index is -3.57. The first kappa shape index (κ1) is 16.5. The molecule has 0 unspecified atom stereocenters. The van der Waals surface area contributed by atoms with Gasteiger partial charge in [-0.15, -0.1) is 0 Å². The van der Waals surface area contributed by atoms with Gasteiger partial charge in [0.25, 0.3) is 0 Å². The molecule has 6 heteroatoms. The van der Waals surface area contributed by atoms with Crippen LogP contribution in [0.3, 0.4) is 0 Å². The molecule has 1 aromatic carbocycles. The molecule has 1 fully saturated rings. The fourth-order valence-corrected chi connectivity index (χ4v) is 4.97. The van der Waals surface area contributed by atoms with E-state index in [1.165, 1.54) is 0 Å². The number of hydrogen-bond donors (Lipinski definition) is 2. The second-order valence-corrected chi connectivity index (χ2v) is 8.67. The van der Waals surface area contributed by atoms with Crippen molar-refractivity contribution in [1.29, 1.82) is 0 Å². The van der Waals surface area contributed by atoms with Crippen LogP contribution in [0.2, 0.25) is 0 Å². The van der Waals surface area contributed by atoms with Crippen LogP contribution < -0.4 is 10.0 Å². The number of hydrogen-bond acceptors (Lipinski definition) is 3. The lowest BCUT2D eigenvalue weighted by Gasteiger charge is -2.34. The summed E-state index contributed by atoms with van der Waals surface area (Å²) in [5.41, 5.74) is 1.46. The molecule has 2 aliphatic rings. The van der Waals surface area contributed by atoms with Crippen LogP contribution in [0, 0.1) is 11.8 Å². The summed E-state index contributed by atoms with van der Waals surface area (Å²) in [4.78, 5) is 12.0. The van der Waals surface area contributed by atoms with Crippen LogP contribution in [0.5, 0.6) is 0 Å². The SMILES string of the molecule is C[C@@H]1[C@H](C)CCC[C@H]1NS(=O)(=O)c1ccc2c(c1)[C@H](C)C(=O)N2. The third-order valence-corrected chi connectivity index (χ3v) is 6.95. The van der Waals surface area contributed by atoms with Crippen LogP contribution in [-0.2, 0) is 14.8 Å². The van der Waals surface area contributed by atoms with E-state index in [1.807, 2.05) is 0 Å². The van der Waals surface area contributed by atoms with Crippen LogP contribution in [0.1, 0.15) is 51.5 Å². The molecule has 23 heavy (non-hydrogen) atoms. The molecule has 0 bridgehead atoms. The maximum Gasteiger partial charge on any atom is 0.240 e. The van der Waals surface area contributed by atoms with Gasteiger partial charge in [-0.05, 0) is 48.9 Å². The highest BCUT2D eigenvalue weighted by Gasteiger charge is 2.32. The van der Waals surface area contributed by atoms with E-state index >= 15 is 0 Å². The Balaban J connectivity index is 1.85. The lowest BCUT2D eigenvalue weighted by Crippen LogP contribution is -2.43. The molecule has 1 aliphatic heterocycles. The maximum atomic E-state index is 12.7. The first-order valence-corrected chi connectivity index (χ1v) is 9.75. The fraction of sp³-hybridized carbons (Fsp3) is 0.588. The Labute approximate surface area is 137 Å². The van der Waals surface area contributed by atoms with Crippen molar-refractivity contribution in [2.24, 2.45) is 11.8 Å². The molecular formula is C17H24N2O3S. The molecule has 1 heterocycles. The average molecular weight is 336 g/mol. The molecular weight excluding hydrogens is 312 g/mol. The molecule has 0 aromatic heterocycles. The fourth-order valence-electron chi connectivity index (χ4n) is 3.58. The van der Waals surface area contributed by atoms with Crippen molar-refractivity contribution in [2.45, 2.75) is 56.9 Å². The van der Waals surface area contributed by atoms with Gasteiger partial charge < -0.3 is 5.32 Å². The van der Waals surface area contributed by atoms with Gasteiger partial charge in [-0.2, -0.15) is 0 Å². The highest BCUT2D eigenvalue weighted by atomic mass is 32.2. The zero-order valence-corrected chi connectivity index (χ0v) is 14.6. The summed E-state index contributed by atoms with van der Waals surface area (Å²) in [6.07, 6.45) is 3.09. The van der Waals surface area contributed by atoms with E-state index in [9.17, 15) is 13.2 Å². The summed E-state index contributed by atoms with van der Waals surface area (Å²) in [6, 6.07) is 4.85. The zero-order valence-electron chi connectivity index (χ0n) is 13.8. The summed E-state index contributed by atoms with van der Waals surface area (Å²) in [7, 11) is -3.57. The molecule has 0 saturated heterocycles. The lowest BCUT2D eigenvalue weighted by molar-refractivity contribution is -0.116. The van der Waals surface area contributed by atoms with Gasteiger partial charge in [0, 0.05) is 11.7 Å². The summed E-state index contributed by atoms with van der Waals surface area (Å²) in [6.45, 7) is 6.08. The molecule has 4 atom stereocenters. The van der Waals surface area contributed by atoms with Crippen molar-refractivity contribution in [1.82, 2.24) is 4.72 Å². The van der Waals surface area contributed by atoms with E-state index in [-0.39, 0.29) is 22.8 Å². The van der Waals surface area contributed by atoms with Crippen LogP contribution in [0.15, 0.2) is 23.1 Å². The number of anilines is 1. The van der Waals surface area contributed by atoms with E-state index in [4.69, 9.17) is 0 Å². The van der Waals surface area contributed by atoms with Crippen molar-refractivity contribution in [3.63, 3.8) is 0 Å². The number of sulfonamides is 1. The van der Waals surface area contributed by atoms with E-state index in [1.54, 1.807) is 25.1 Å². The molecule has 3 rings (SSSR count). The molecule has 1 saturated carbocycles. The average Bonchev–Trinajstić information content (AvgIpc) is 2.78. The Morgan fingerprint density at radius 3 is 2.65 bits per heavy atom. The van der Waals surface area contributed by atoms with Gasteiger partial charge >= 0.3 is 0 Å². The molecule has 2 N–H and O–H groups in total. The maximum absolute atomic E-state index is 12.7. The second kappa shape index (κ2) is 5.91. The third kappa shape index (κ3) is 3.02. The van der Waals surface area contributed by atoms with Gasteiger partial charge in [0.1, 0.15) is 0 Å². The van der Waals surface area contributed by atoms with Crippen molar-refractivity contribution in [3.05, 3.63) is 23.8 Å². The minimum Gasteiger partial charge on any atom is -0.325 e. The quantitative estimate of drug-likeness (QED) is 0.891. The number of fused-ring (bicyclic) bond motifs is 1. The van der Waals surface area contributed by atoms with Gasteiger partial charge in [0.15, 0.2) is 0 Å². The molecule has 1 aliphatic carbocycles. The summed E-state index contributed by atoms with van der Waals surface area (Å²) in [5.74, 6) is 0.458. The molecule has 1 amide bonds. The first-order valence-electron chi connectivity index (χ1n) is 8.26. The van der Waals surface area contributed by atoms with Gasteiger partial charge in [-0.1, -0.05) is 26.7 Å². The second-order valence-electron chi connectivity index (χ2n) is 6.96. The van der Waals surface area contributed by atoms with Crippen LogP contribution in [-0.4, -0.2) is 20.4 Å². The first-order chi connectivity index (χ1) is 10.8. The normalized spacial score (nSPS) is 30.8. The highest BCUT2D eigenvalue weighted by molar-refractivity contribution is 7.89. The van der Waals surface area contributed by atoms with Crippen LogP contribution in [0.4, 0.5) is 5.69 Å². The third-order valence-electron chi connectivity index (χ3n) is 5.46. The predicted octanol–water partition coefficient (Wildman–Crippen LogP) is 2.85. The zero-order chi connectivity index (χ0) is 16.8. The van der Waals surface area contributed by atoms with Gasteiger partial charge in [0.05, 0.1) is 10.8 Å². The monoisotopic (exact) mass is 336 g/mol. The van der Waals surface area contributed by atoms with Crippen LogP contribution in [0.25, 0.3) is 0 Å². The standard InChI is InChI=1S/C17H24N2O3S/c1-10-5-4-6-15(11(10)2)19-23(21,22)13-7-8-16-14(9-13)12(3)17(20)18-16/h7-12,15,19H,4-6H2,1-3H3,(H,18,20)/t10-,11-,12+,15-/m1/s1. The van der Waals surface area contributed by atoms with Gasteiger partial charge in [-0.3, -0.25) is 4.79 Å².